The fraction of sp³-hybridized carbons (Fsp3) is 0.143. The molecule has 2 heterocycles. The highest BCUT2D eigenvalue weighted by Crippen LogP contribution is 2.20. The molecule has 6 aromatic rings. The molecule has 47 heavy (non-hydrogen) atoms. The molecular weight excluding hydrogens is 596 g/mol. The topological polar surface area (TPSA) is 162 Å². The molecule has 12 heteroatoms. The van der Waals surface area contributed by atoms with Crippen LogP contribution in [-0.2, 0) is 35.5 Å². The zero-order valence-electron chi connectivity index (χ0n) is 25.0. The van der Waals surface area contributed by atoms with Gasteiger partial charge in [-0.15, -0.1) is 0 Å². The van der Waals surface area contributed by atoms with Crippen LogP contribution in [0.25, 0.3) is 26.9 Å². The van der Waals surface area contributed by atoms with Crippen molar-refractivity contribution in [1.82, 2.24) is 30.6 Å². The normalized spacial score (nSPS) is 10.7. The second-order valence-electron chi connectivity index (χ2n) is 10.6. The van der Waals surface area contributed by atoms with Gasteiger partial charge in [0.1, 0.15) is 23.1 Å². The number of amides is 2. The number of carbonyl (C=O) groups excluding carboxylic acids is 2. The number of imidazole rings is 2. The van der Waals surface area contributed by atoms with Crippen molar-refractivity contribution < 1.29 is 19.1 Å². The Morgan fingerprint density at radius 3 is 1.77 bits per heavy atom. The van der Waals surface area contributed by atoms with Gasteiger partial charge in [0.25, 0.3) is 0 Å². The molecule has 0 fully saturated rings. The number of hydrogen-bond donors (Lipinski definition) is 4. The van der Waals surface area contributed by atoms with E-state index in [4.69, 9.17) is 21.3 Å². The van der Waals surface area contributed by atoms with E-state index >= 15 is 0 Å². The van der Waals surface area contributed by atoms with Crippen LogP contribution in [0.15, 0.2) is 84.9 Å². The smallest absolute Gasteiger partial charge is 0.230 e. The maximum Gasteiger partial charge on any atom is 0.230 e. The zero-order valence-corrected chi connectivity index (χ0v) is 25.0. The monoisotopic (exact) mass is 624 g/mol. The molecule has 12 nitrogen and oxygen atoms in total. The summed E-state index contributed by atoms with van der Waals surface area (Å²) in [5, 5.41) is 14.8. The average molecular weight is 625 g/mol. The molecule has 0 saturated carbocycles. The lowest BCUT2D eigenvalue weighted by molar-refractivity contribution is -0.121. The van der Waals surface area contributed by atoms with E-state index in [-0.39, 0.29) is 31.4 Å². The first-order chi connectivity index (χ1) is 22.9. The van der Waals surface area contributed by atoms with Gasteiger partial charge in [-0.3, -0.25) is 9.59 Å². The summed E-state index contributed by atoms with van der Waals surface area (Å²) < 4.78 is 11.4. The van der Waals surface area contributed by atoms with Crippen molar-refractivity contribution in [3.63, 3.8) is 0 Å². The van der Waals surface area contributed by atoms with E-state index in [2.05, 4.69) is 41.5 Å². The van der Waals surface area contributed by atoms with Crippen molar-refractivity contribution in [2.45, 2.75) is 25.9 Å². The molecule has 0 spiro atoms. The van der Waals surface area contributed by atoms with Crippen molar-refractivity contribution in [2.24, 2.45) is 0 Å². The number of fused-ring (bicyclic) bond motifs is 2. The number of H-pyrrole nitrogens is 2. The molecule has 0 aliphatic rings. The minimum absolute atomic E-state index is 0.00834. The van der Waals surface area contributed by atoms with Crippen molar-refractivity contribution in [2.75, 3.05) is 6.79 Å². The van der Waals surface area contributed by atoms with E-state index in [1.807, 2.05) is 24.3 Å². The molecule has 0 bridgehead atoms. The third kappa shape index (κ3) is 7.90. The largest absolute Gasteiger partial charge is 0.458 e. The highest BCUT2D eigenvalue weighted by atomic mass is 16.7. The Morgan fingerprint density at radius 1 is 0.745 bits per heavy atom. The van der Waals surface area contributed by atoms with Crippen LogP contribution in [0.5, 0.6) is 11.5 Å². The summed E-state index contributed by atoms with van der Waals surface area (Å²) in [5.74, 6) is 1.97. The maximum absolute atomic E-state index is 12.4. The molecule has 0 aliphatic heterocycles. The van der Waals surface area contributed by atoms with Gasteiger partial charge in [-0.25, -0.2) is 14.8 Å². The Balaban J connectivity index is 0.891. The Kier molecular flexibility index (Phi) is 9.03. The second-order valence-corrected chi connectivity index (χ2v) is 10.6. The highest BCUT2D eigenvalue weighted by Gasteiger charge is 2.11. The summed E-state index contributed by atoms with van der Waals surface area (Å²) in [5.41, 5.74) is 5.74. The standard InChI is InChI=1S/C35H28N8O4/c1-37-25-7-13-29-31(15-25)43-33(41-29)17-35(45)39-20-23-4-10-27(11-5-23)47-21-46-26-8-2-22(3-9-26)19-38-34(44)16-32-40-28-12-6-24(18-36)14-30(28)42-32/h2-15H,16-17,19-21H2,(H,38,44)(H,39,45)(H,40,42)(H,41,43). The van der Waals surface area contributed by atoms with Crippen LogP contribution in [0, 0.1) is 17.9 Å². The first-order valence-corrected chi connectivity index (χ1v) is 14.7. The molecular formula is C35H28N8O4. The van der Waals surface area contributed by atoms with Gasteiger partial charge in [0.2, 0.25) is 18.6 Å². The average Bonchev–Trinajstić information content (AvgIpc) is 3.69. The summed E-state index contributed by atoms with van der Waals surface area (Å²) in [6.07, 6.45) is 0.202. The Labute approximate surface area is 269 Å². The Morgan fingerprint density at radius 2 is 1.26 bits per heavy atom. The third-order valence-corrected chi connectivity index (χ3v) is 7.24. The minimum Gasteiger partial charge on any atom is -0.458 e. The van der Waals surface area contributed by atoms with Crippen molar-refractivity contribution >= 4 is 39.6 Å². The third-order valence-electron chi connectivity index (χ3n) is 7.24. The van der Waals surface area contributed by atoms with E-state index in [9.17, 15) is 9.59 Å². The highest BCUT2D eigenvalue weighted by molar-refractivity contribution is 5.83. The molecule has 2 aromatic heterocycles. The van der Waals surface area contributed by atoms with Gasteiger partial charge in [-0.2, -0.15) is 5.26 Å². The lowest BCUT2D eigenvalue weighted by Gasteiger charge is -2.10. The van der Waals surface area contributed by atoms with Gasteiger partial charge >= 0.3 is 0 Å². The van der Waals surface area contributed by atoms with Crippen molar-refractivity contribution in [3.8, 4) is 17.6 Å². The molecule has 0 aliphatic carbocycles. The van der Waals surface area contributed by atoms with Gasteiger partial charge in [-0.1, -0.05) is 30.3 Å². The van der Waals surface area contributed by atoms with Crippen LogP contribution < -0.4 is 20.1 Å². The number of carbonyl (C=O) groups is 2. The van der Waals surface area contributed by atoms with Crippen LogP contribution in [0.4, 0.5) is 5.69 Å². The molecule has 0 radical (unpaired) electrons. The van der Waals surface area contributed by atoms with Crippen LogP contribution >= 0.6 is 0 Å². The minimum atomic E-state index is -0.174. The molecule has 4 N–H and O–H groups in total. The molecule has 0 unspecified atom stereocenters. The summed E-state index contributed by atoms with van der Waals surface area (Å²) in [7, 11) is 0. The fourth-order valence-corrected chi connectivity index (χ4v) is 4.82. The van der Waals surface area contributed by atoms with Gasteiger partial charge in [0, 0.05) is 13.1 Å². The summed E-state index contributed by atoms with van der Waals surface area (Å²) in [4.78, 5) is 43.3. The van der Waals surface area contributed by atoms with Crippen molar-refractivity contribution in [3.05, 3.63) is 125 Å². The fourth-order valence-electron chi connectivity index (χ4n) is 4.82. The number of nitrogens with one attached hydrogen (secondary N) is 4. The number of nitrogens with zero attached hydrogens (tertiary/aromatic N) is 4. The van der Waals surface area contributed by atoms with E-state index in [1.165, 1.54) is 0 Å². The summed E-state index contributed by atoms with van der Waals surface area (Å²) >= 11 is 0. The molecule has 0 atom stereocenters. The van der Waals surface area contributed by atoms with E-state index in [1.54, 1.807) is 60.7 Å². The quantitative estimate of drug-likeness (QED) is 0.110. The predicted molar refractivity (Wildman–Crippen MR) is 173 cm³/mol. The van der Waals surface area contributed by atoms with Crippen LogP contribution in [0.1, 0.15) is 28.3 Å². The number of hydrogen-bond acceptors (Lipinski definition) is 7. The van der Waals surface area contributed by atoms with Gasteiger partial charge in [0.15, 0.2) is 5.69 Å². The van der Waals surface area contributed by atoms with Crippen LogP contribution in [0.2, 0.25) is 0 Å². The number of ether oxygens (including phenoxy) is 2. The lowest BCUT2D eigenvalue weighted by Crippen LogP contribution is -2.25. The van der Waals surface area contributed by atoms with E-state index in [0.717, 1.165) is 22.2 Å². The first kappa shape index (κ1) is 30.4. The van der Waals surface area contributed by atoms with Crippen LogP contribution in [0.3, 0.4) is 0 Å². The summed E-state index contributed by atoms with van der Waals surface area (Å²) in [6, 6.07) is 27.1. The molecule has 232 valence electrons. The van der Waals surface area contributed by atoms with Gasteiger partial charge in [0.05, 0.1) is 53.1 Å². The Bertz CT molecular complexity index is 1980. The van der Waals surface area contributed by atoms with Crippen LogP contribution in [-0.4, -0.2) is 38.5 Å². The number of benzene rings is 4. The maximum atomic E-state index is 12.4. The number of aromatic amines is 2. The van der Waals surface area contributed by atoms with E-state index in [0.29, 0.717) is 58.5 Å². The summed E-state index contributed by atoms with van der Waals surface area (Å²) in [6.45, 7) is 7.84. The number of nitriles is 1. The van der Waals surface area contributed by atoms with Crippen molar-refractivity contribution in [1.29, 1.82) is 5.26 Å². The molecule has 2 amide bonds. The SMILES string of the molecule is [C-]#[N+]c1ccc2nc(CC(=O)NCc3ccc(OCOc4ccc(CNC(=O)Cc5nc6ccc(C#N)cc6[nH]5)cc4)cc3)[nH]c2c1. The second kappa shape index (κ2) is 14.0. The lowest BCUT2D eigenvalue weighted by atomic mass is 10.2. The predicted octanol–water partition coefficient (Wildman–Crippen LogP) is 4.99. The van der Waals surface area contributed by atoms with Gasteiger partial charge in [-0.05, 0) is 65.7 Å². The molecule has 6 rings (SSSR count). The Hall–Kier alpha value is -6.66. The number of rotatable bonds is 12. The molecule has 4 aromatic carbocycles. The molecule has 0 saturated heterocycles. The zero-order chi connectivity index (χ0) is 32.6. The van der Waals surface area contributed by atoms with Gasteiger partial charge < -0.3 is 30.1 Å². The first-order valence-electron chi connectivity index (χ1n) is 14.7. The van der Waals surface area contributed by atoms with E-state index < -0.39 is 0 Å². The number of aromatic nitrogens is 4.